The van der Waals surface area contributed by atoms with Crippen molar-refractivity contribution in [1.82, 2.24) is 15.3 Å². The number of rotatable bonds is 7. The van der Waals surface area contributed by atoms with Crippen molar-refractivity contribution in [3.05, 3.63) is 35.5 Å². The maximum absolute atomic E-state index is 5.65. The van der Waals surface area contributed by atoms with Crippen LogP contribution in [-0.2, 0) is 11.3 Å². The molecule has 0 unspecified atom stereocenters. The van der Waals surface area contributed by atoms with Gasteiger partial charge in [-0.25, -0.2) is 4.98 Å². The molecule has 0 aliphatic heterocycles. The van der Waals surface area contributed by atoms with Crippen LogP contribution in [0.3, 0.4) is 0 Å². The van der Waals surface area contributed by atoms with Gasteiger partial charge < -0.3 is 10.1 Å². The average Bonchev–Trinajstić information content (AvgIpc) is 2.88. The van der Waals surface area contributed by atoms with Crippen LogP contribution < -0.4 is 5.32 Å². The van der Waals surface area contributed by atoms with Crippen molar-refractivity contribution in [2.45, 2.75) is 32.9 Å². The zero-order chi connectivity index (χ0) is 14.4. The maximum Gasteiger partial charge on any atom is 0.142 e. The first-order valence-corrected chi connectivity index (χ1v) is 7.69. The van der Waals surface area contributed by atoms with Crippen LogP contribution in [0.1, 0.15) is 26.5 Å². The molecule has 20 heavy (non-hydrogen) atoms. The highest BCUT2D eigenvalue weighted by molar-refractivity contribution is 7.13. The topological polar surface area (TPSA) is 47.0 Å². The third kappa shape index (κ3) is 4.37. The Hall–Kier alpha value is -1.30. The van der Waals surface area contributed by atoms with Gasteiger partial charge in [-0.05, 0) is 32.9 Å². The third-order valence-electron chi connectivity index (χ3n) is 2.83. The molecule has 2 aromatic heterocycles. The molecule has 2 rings (SSSR count). The molecule has 0 radical (unpaired) electrons. The molecule has 0 saturated heterocycles. The van der Waals surface area contributed by atoms with Gasteiger partial charge in [-0.15, -0.1) is 11.3 Å². The molecule has 5 heteroatoms. The smallest absolute Gasteiger partial charge is 0.142 e. The summed E-state index contributed by atoms with van der Waals surface area (Å²) in [7, 11) is 0. The quantitative estimate of drug-likeness (QED) is 0.851. The summed E-state index contributed by atoms with van der Waals surface area (Å²) in [6, 6.07) is 5.87. The fourth-order valence-corrected chi connectivity index (χ4v) is 2.72. The van der Waals surface area contributed by atoms with E-state index >= 15 is 0 Å². The predicted molar refractivity (Wildman–Crippen MR) is 82.8 cm³/mol. The zero-order valence-corrected chi connectivity index (χ0v) is 13.0. The largest absolute Gasteiger partial charge is 0.375 e. The van der Waals surface area contributed by atoms with Crippen molar-refractivity contribution in [2.24, 2.45) is 0 Å². The van der Waals surface area contributed by atoms with Crippen LogP contribution in [0, 0.1) is 0 Å². The van der Waals surface area contributed by atoms with Crippen LogP contribution in [0.2, 0.25) is 0 Å². The minimum atomic E-state index is -0.144. The van der Waals surface area contributed by atoms with E-state index in [1.54, 1.807) is 17.5 Å². The molecule has 0 aliphatic rings. The lowest BCUT2D eigenvalue weighted by Crippen LogP contribution is -2.37. The van der Waals surface area contributed by atoms with E-state index in [0.717, 1.165) is 36.1 Å². The number of nitrogens with one attached hydrogen (secondary N) is 1. The lowest BCUT2D eigenvalue weighted by atomic mass is 10.1. The van der Waals surface area contributed by atoms with Crippen molar-refractivity contribution < 1.29 is 4.74 Å². The number of ether oxygens (including phenoxy) is 1. The van der Waals surface area contributed by atoms with E-state index in [9.17, 15) is 0 Å². The zero-order valence-electron chi connectivity index (χ0n) is 12.2. The molecule has 2 heterocycles. The Morgan fingerprint density at radius 3 is 2.90 bits per heavy atom. The second kappa shape index (κ2) is 6.92. The highest BCUT2D eigenvalue weighted by Crippen LogP contribution is 2.21. The molecule has 2 aromatic rings. The molecule has 1 N–H and O–H groups in total. The Kier molecular flexibility index (Phi) is 5.23. The Morgan fingerprint density at radius 2 is 2.20 bits per heavy atom. The van der Waals surface area contributed by atoms with Gasteiger partial charge in [0.25, 0.3) is 0 Å². The Morgan fingerprint density at radius 1 is 1.35 bits per heavy atom. The number of pyridine rings is 1. The fourth-order valence-electron chi connectivity index (χ4n) is 1.93. The van der Waals surface area contributed by atoms with Gasteiger partial charge in [-0.3, -0.25) is 4.98 Å². The van der Waals surface area contributed by atoms with Crippen LogP contribution in [-0.4, -0.2) is 28.7 Å². The van der Waals surface area contributed by atoms with Crippen LogP contribution in [0.4, 0.5) is 0 Å². The second-order valence-corrected chi connectivity index (χ2v) is 6.01. The Bertz CT molecular complexity index is 525. The summed E-state index contributed by atoms with van der Waals surface area (Å²) >= 11 is 1.63. The highest BCUT2D eigenvalue weighted by Gasteiger charge is 2.16. The molecule has 0 aromatic carbocycles. The summed E-state index contributed by atoms with van der Waals surface area (Å²) < 4.78 is 5.65. The van der Waals surface area contributed by atoms with Gasteiger partial charge in [0.1, 0.15) is 5.01 Å². The summed E-state index contributed by atoms with van der Waals surface area (Å²) in [6.45, 7) is 8.47. The van der Waals surface area contributed by atoms with Crippen LogP contribution >= 0.6 is 11.3 Å². The van der Waals surface area contributed by atoms with Crippen LogP contribution in [0.15, 0.2) is 29.8 Å². The first-order chi connectivity index (χ1) is 9.61. The summed E-state index contributed by atoms with van der Waals surface area (Å²) in [5, 5.41) is 6.43. The number of aromatic nitrogens is 2. The molecule has 0 fully saturated rings. The third-order valence-corrected chi connectivity index (χ3v) is 3.74. The van der Waals surface area contributed by atoms with Crippen LogP contribution in [0.25, 0.3) is 10.7 Å². The van der Waals surface area contributed by atoms with Crippen molar-refractivity contribution in [3.63, 3.8) is 0 Å². The number of hydrogen-bond donors (Lipinski definition) is 1. The van der Waals surface area contributed by atoms with Crippen molar-refractivity contribution in [1.29, 1.82) is 0 Å². The summed E-state index contributed by atoms with van der Waals surface area (Å²) in [5.41, 5.74) is 1.83. The molecular weight excluding hydrogens is 270 g/mol. The minimum absolute atomic E-state index is 0.144. The van der Waals surface area contributed by atoms with E-state index in [1.165, 1.54) is 0 Å². The molecule has 108 valence electrons. The van der Waals surface area contributed by atoms with Crippen molar-refractivity contribution in [3.8, 4) is 10.7 Å². The van der Waals surface area contributed by atoms with Gasteiger partial charge in [-0.2, -0.15) is 0 Å². The number of nitrogens with zero attached hydrogens (tertiary/aromatic N) is 2. The van der Waals surface area contributed by atoms with Gasteiger partial charge in [0.05, 0.1) is 17.0 Å². The molecule has 0 saturated carbocycles. The fraction of sp³-hybridized carbons (Fsp3) is 0.467. The van der Waals surface area contributed by atoms with Gasteiger partial charge in [0, 0.05) is 31.3 Å². The van der Waals surface area contributed by atoms with E-state index in [4.69, 9.17) is 4.74 Å². The molecule has 0 amide bonds. The minimum Gasteiger partial charge on any atom is -0.375 e. The molecular formula is C15H21N3OS. The average molecular weight is 291 g/mol. The van der Waals surface area contributed by atoms with Crippen LogP contribution in [0.5, 0.6) is 0 Å². The summed E-state index contributed by atoms with van der Waals surface area (Å²) in [6.07, 6.45) is 1.79. The molecule has 4 nitrogen and oxygen atoms in total. The van der Waals surface area contributed by atoms with Gasteiger partial charge in [0.15, 0.2) is 0 Å². The first kappa shape index (κ1) is 15.1. The summed E-state index contributed by atoms with van der Waals surface area (Å²) in [5.74, 6) is 0. The SMILES string of the molecule is CCOC(C)(C)CNCc1csc(-c2ccccn2)n1. The van der Waals surface area contributed by atoms with Crippen molar-refractivity contribution in [2.75, 3.05) is 13.2 Å². The normalized spacial score (nSPS) is 11.8. The Balaban J connectivity index is 1.88. The standard InChI is InChI=1S/C15H21N3OS/c1-4-19-15(2,3)11-16-9-12-10-20-14(18-12)13-7-5-6-8-17-13/h5-8,10,16H,4,9,11H2,1-3H3. The molecule has 0 aliphatic carbocycles. The number of hydrogen-bond acceptors (Lipinski definition) is 5. The lowest BCUT2D eigenvalue weighted by molar-refractivity contribution is -0.00901. The predicted octanol–water partition coefficient (Wildman–Crippen LogP) is 3.11. The lowest BCUT2D eigenvalue weighted by Gasteiger charge is -2.24. The van der Waals surface area contributed by atoms with Crippen molar-refractivity contribution >= 4 is 11.3 Å². The molecule has 0 spiro atoms. The second-order valence-electron chi connectivity index (χ2n) is 5.16. The Labute approximate surface area is 124 Å². The van der Waals surface area contributed by atoms with Gasteiger partial charge >= 0.3 is 0 Å². The highest BCUT2D eigenvalue weighted by atomic mass is 32.1. The van der Waals surface area contributed by atoms with E-state index < -0.39 is 0 Å². The monoisotopic (exact) mass is 291 g/mol. The number of thiazole rings is 1. The van der Waals surface area contributed by atoms with E-state index in [0.29, 0.717) is 0 Å². The first-order valence-electron chi connectivity index (χ1n) is 6.81. The van der Waals surface area contributed by atoms with E-state index in [2.05, 4.69) is 34.5 Å². The van der Waals surface area contributed by atoms with E-state index in [1.807, 2.05) is 25.1 Å². The maximum atomic E-state index is 5.65. The molecule has 0 atom stereocenters. The molecule has 0 bridgehead atoms. The van der Waals surface area contributed by atoms with Gasteiger partial charge in [-0.1, -0.05) is 6.07 Å². The van der Waals surface area contributed by atoms with E-state index in [-0.39, 0.29) is 5.60 Å². The van der Waals surface area contributed by atoms with Gasteiger partial charge in [0.2, 0.25) is 0 Å². The summed E-state index contributed by atoms with van der Waals surface area (Å²) in [4.78, 5) is 8.91.